The molecule has 21 heavy (non-hydrogen) atoms. The van der Waals surface area contributed by atoms with E-state index in [1.165, 1.54) is 14.0 Å². The van der Waals surface area contributed by atoms with E-state index in [4.69, 9.17) is 9.84 Å². The maximum absolute atomic E-state index is 11.2. The van der Waals surface area contributed by atoms with E-state index >= 15 is 0 Å². The monoisotopic (exact) mass is 300 g/mol. The fourth-order valence-electron chi connectivity index (χ4n) is 2.39. The molecule has 0 aromatic carbocycles. The first-order valence-corrected chi connectivity index (χ1v) is 7.03. The Balaban J connectivity index is 3.12. The molecule has 0 fully saturated rings. The largest absolute Gasteiger partial charge is 0.493 e. The standard InChI is InChI=1S/C14H24N2O5/c1-4-15-10-5-9(7-17)6-11(13(10)21-3)16-12(8(2)18)14(19)20/h8-9,12,16-18H,4-7H2,1-3H3,(H,19,20). The molecular formula is C14H24N2O5. The van der Waals surface area contributed by atoms with Gasteiger partial charge in [-0.25, -0.2) is 4.79 Å². The van der Waals surface area contributed by atoms with Gasteiger partial charge in [0.25, 0.3) is 0 Å². The first-order valence-electron chi connectivity index (χ1n) is 7.03. The number of rotatable bonds is 7. The van der Waals surface area contributed by atoms with Crippen molar-refractivity contribution in [3.05, 3.63) is 11.5 Å². The second-order valence-electron chi connectivity index (χ2n) is 5.09. The third kappa shape index (κ3) is 4.44. The fraction of sp³-hybridized carbons (Fsp3) is 0.714. The summed E-state index contributed by atoms with van der Waals surface area (Å²) in [5.74, 6) is -0.679. The van der Waals surface area contributed by atoms with Gasteiger partial charge in [-0.1, -0.05) is 0 Å². The SMILES string of the molecule is CCN=C1CC(CO)CC(NC(C(=O)O)C(C)O)=C1OC. The molecule has 0 heterocycles. The normalized spacial score (nSPS) is 23.9. The van der Waals surface area contributed by atoms with Gasteiger partial charge in [0, 0.05) is 13.2 Å². The molecule has 7 heteroatoms. The molecule has 0 aromatic heterocycles. The lowest BCUT2D eigenvalue weighted by atomic mass is 9.89. The number of allylic oxidation sites excluding steroid dienone is 2. The van der Waals surface area contributed by atoms with Crippen molar-refractivity contribution in [3.8, 4) is 0 Å². The summed E-state index contributed by atoms with van der Waals surface area (Å²) in [6, 6.07) is -1.13. The van der Waals surface area contributed by atoms with E-state index in [2.05, 4.69) is 10.3 Å². The highest BCUT2D eigenvalue weighted by atomic mass is 16.5. The predicted molar refractivity (Wildman–Crippen MR) is 78.1 cm³/mol. The summed E-state index contributed by atoms with van der Waals surface area (Å²) in [7, 11) is 1.50. The van der Waals surface area contributed by atoms with Crippen LogP contribution in [-0.2, 0) is 9.53 Å². The van der Waals surface area contributed by atoms with E-state index in [9.17, 15) is 15.0 Å². The molecule has 3 unspecified atom stereocenters. The number of aliphatic hydroxyl groups excluding tert-OH is 2. The van der Waals surface area contributed by atoms with Crippen molar-refractivity contribution < 1.29 is 24.9 Å². The van der Waals surface area contributed by atoms with Crippen LogP contribution >= 0.6 is 0 Å². The minimum Gasteiger partial charge on any atom is -0.493 e. The predicted octanol–water partition coefficient (Wildman–Crippen LogP) is 0.131. The number of aliphatic hydroxyl groups is 2. The molecule has 0 amide bonds. The number of ether oxygens (including phenoxy) is 1. The van der Waals surface area contributed by atoms with Crippen LogP contribution in [0.1, 0.15) is 26.7 Å². The molecular weight excluding hydrogens is 276 g/mol. The van der Waals surface area contributed by atoms with Gasteiger partial charge in [-0.3, -0.25) is 4.99 Å². The topological polar surface area (TPSA) is 111 Å². The van der Waals surface area contributed by atoms with Gasteiger partial charge in [0.05, 0.1) is 24.6 Å². The minimum absolute atomic E-state index is 0.0165. The highest BCUT2D eigenvalue weighted by molar-refractivity contribution is 6.00. The zero-order valence-electron chi connectivity index (χ0n) is 12.7. The molecule has 3 atom stereocenters. The lowest BCUT2D eigenvalue weighted by Gasteiger charge is -2.30. The molecule has 0 bridgehead atoms. The molecule has 7 nitrogen and oxygen atoms in total. The first-order chi connectivity index (χ1) is 9.94. The van der Waals surface area contributed by atoms with Crippen molar-refractivity contribution in [2.75, 3.05) is 20.3 Å². The van der Waals surface area contributed by atoms with Crippen molar-refractivity contribution in [2.45, 2.75) is 38.8 Å². The van der Waals surface area contributed by atoms with Crippen molar-refractivity contribution in [3.63, 3.8) is 0 Å². The quantitative estimate of drug-likeness (QED) is 0.532. The smallest absolute Gasteiger partial charge is 0.328 e. The highest BCUT2D eigenvalue weighted by Crippen LogP contribution is 2.27. The van der Waals surface area contributed by atoms with Gasteiger partial charge in [0.2, 0.25) is 0 Å². The number of hydrogen-bond donors (Lipinski definition) is 4. The zero-order valence-corrected chi connectivity index (χ0v) is 12.7. The molecule has 0 aliphatic heterocycles. The molecule has 1 aliphatic carbocycles. The van der Waals surface area contributed by atoms with Gasteiger partial charge in [-0.2, -0.15) is 0 Å². The van der Waals surface area contributed by atoms with Crippen LogP contribution in [0.3, 0.4) is 0 Å². The van der Waals surface area contributed by atoms with Crippen molar-refractivity contribution in [1.29, 1.82) is 0 Å². The maximum atomic E-state index is 11.2. The van der Waals surface area contributed by atoms with Gasteiger partial charge in [0.1, 0.15) is 0 Å². The van der Waals surface area contributed by atoms with E-state index < -0.39 is 18.1 Å². The van der Waals surface area contributed by atoms with Crippen LogP contribution in [0.25, 0.3) is 0 Å². The Bertz CT molecular complexity index is 431. The molecule has 0 aromatic rings. The fourth-order valence-corrected chi connectivity index (χ4v) is 2.39. The maximum Gasteiger partial charge on any atom is 0.328 e. The van der Waals surface area contributed by atoms with Crippen molar-refractivity contribution in [2.24, 2.45) is 10.9 Å². The summed E-state index contributed by atoms with van der Waals surface area (Å²) < 4.78 is 5.35. The van der Waals surface area contributed by atoms with E-state index in [1.807, 2.05) is 6.92 Å². The summed E-state index contributed by atoms with van der Waals surface area (Å²) in [4.78, 5) is 15.6. The Morgan fingerprint density at radius 1 is 1.52 bits per heavy atom. The van der Waals surface area contributed by atoms with Crippen LogP contribution in [0.15, 0.2) is 16.4 Å². The molecule has 0 spiro atoms. The second-order valence-corrected chi connectivity index (χ2v) is 5.09. The summed E-state index contributed by atoms with van der Waals surface area (Å²) in [5.41, 5.74) is 1.27. The molecule has 0 saturated heterocycles. The minimum atomic E-state index is -1.15. The number of methoxy groups -OCH3 is 1. The van der Waals surface area contributed by atoms with Crippen LogP contribution in [0.4, 0.5) is 0 Å². The number of nitrogens with one attached hydrogen (secondary N) is 1. The summed E-state index contributed by atoms with van der Waals surface area (Å²) in [5, 5.41) is 31.0. The average molecular weight is 300 g/mol. The Morgan fingerprint density at radius 2 is 2.19 bits per heavy atom. The van der Waals surface area contributed by atoms with E-state index in [0.717, 1.165) is 0 Å². The average Bonchev–Trinajstić information content (AvgIpc) is 2.43. The molecule has 4 N–H and O–H groups in total. The van der Waals surface area contributed by atoms with E-state index in [1.54, 1.807) is 0 Å². The van der Waals surface area contributed by atoms with Gasteiger partial charge in [-0.15, -0.1) is 0 Å². The summed E-state index contributed by atoms with van der Waals surface area (Å²) >= 11 is 0. The molecule has 0 radical (unpaired) electrons. The van der Waals surface area contributed by atoms with E-state index in [0.29, 0.717) is 36.6 Å². The summed E-state index contributed by atoms with van der Waals surface area (Å²) in [6.07, 6.45) is -0.0153. The molecule has 1 aliphatic rings. The molecule has 120 valence electrons. The van der Waals surface area contributed by atoms with Gasteiger partial charge in [0.15, 0.2) is 11.8 Å². The second kappa shape index (κ2) is 7.99. The number of nitrogens with zero attached hydrogens (tertiary/aromatic N) is 1. The third-order valence-electron chi connectivity index (χ3n) is 3.40. The highest BCUT2D eigenvalue weighted by Gasteiger charge is 2.31. The van der Waals surface area contributed by atoms with Gasteiger partial charge >= 0.3 is 5.97 Å². The Hall–Kier alpha value is -1.60. The molecule has 0 saturated carbocycles. The lowest BCUT2D eigenvalue weighted by molar-refractivity contribution is -0.141. The van der Waals surface area contributed by atoms with Crippen LogP contribution in [0, 0.1) is 5.92 Å². The number of aliphatic carboxylic acids is 1. The van der Waals surface area contributed by atoms with Crippen molar-refractivity contribution in [1.82, 2.24) is 5.32 Å². The van der Waals surface area contributed by atoms with Gasteiger partial charge < -0.3 is 25.4 Å². The van der Waals surface area contributed by atoms with Crippen LogP contribution in [-0.4, -0.2) is 59.4 Å². The molecule has 1 rings (SSSR count). The third-order valence-corrected chi connectivity index (χ3v) is 3.40. The van der Waals surface area contributed by atoms with Crippen LogP contribution in [0.5, 0.6) is 0 Å². The summed E-state index contributed by atoms with van der Waals surface area (Å²) in [6.45, 7) is 3.86. The van der Waals surface area contributed by atoms with Crippen molar-refractivity contribution >= 4 is 11.7 Å². The number of hydrogen-bond acceptors (Lipinski definition) is 6. The number of aliphatic imine (C=N–C) groups is 1. The van der Waals surface area contributed by atoms with Gasteiger partial charge in [-0.05, 0) is 32.6 Å². The number of carboxylic acids is 1. The first kappa shape index (κ1) is 17.5. The lowest BCUT2D eigenvalue weighted by Crippen LogP contribution is -2.46. The Morgan fingerprint density at radius 3 is 2.62 bits per heavy atom. The number of carbonyl (C=O) groups is 1. The van der Waals surface area contributed by atoms with E-state index in [-0.39, 0.29) is 12.5 Å². The van der Waals surface area contributed by atoms with Crippen LogP contribution in [0.2, 0.25) is 0 Å². The number of carboxylic acid groups (broad SMARTS) is 1. The Labute approximate surface area is 124 Å². The Kier molecular flexibility index (Phi) is 6.64. The zero-order chi connectivity index (χ0) is 16.0. The van der Waals surface area contributed by atoms with Crippen LogP contribution < -0.4 is 5.32 Å².